The van der Waals surface area contributed by atoms with Crippen LogP contribution in [0.4, 0.5) is 0 Å². The zero-order valence-corrected chi connectivity index (χ0v) is 16.4. The lowest BCUT2D eigenvalue weighted by molar-refractivity contribution is 0.0839. The first-order valence-corrected chi connectivity index (χ1v) is 10.1. The van der Waals surface area contributed by atoms with E-state index >= 15 is 0 Å². The van der Waals surface area contributed by atoms with Crippen molar-refractivity contribution in [1.82, 2.24) is 10.2 Å². The summed E-state index contributed by atoms with van der Waals surface area (Å²) in [7, 11) is 1.71. The molecular weight excluding hydrogens is 340 g/mol. The summed E-state index contributed by atoms with van der Waals surface area (Å²) >= 11 is 0. The smallest absolute Gasteiger partial charge is 0.376 e. The lowest BCUT2D eigenvalue weighted by Gasteiger charge is -2.32. The fraction of sp³-hybridized carbons (Fsp3) is 0.529. The summed E-state index contributed by atoms with van der Waals surface area (Å²) in [6.45, 7) is 4.70. The van der Waals surface area contributed by atoms with E-state index in [2.05, 4.69) is 5.32 Å². The molecule has 1 aliphatic rings. The number of hydrogen-bond donors (Lipinski definition) is 1. The summed E-state index contributed by atoms with van der Waals surface area (Å²) < 4.78 is 16.8. The summed E-state index contributed by atoms with van der Waals surface area (Å²) in [5.41, 5.74) is 0.630. The zero-order chi connectivity index (χ0) is 18.6. The molecule has 2 atom stereocenters. The van der Waals surface area contributed by atoms with Crippen LogP contribution in [-0.2, 0) is 13.3 Å². The highest BCUT2D eigenvalue weighted by molar-refractivity contribution is 6.62. The number of benzene rings is 1. The van der Waals surface area contributed by atoms with Crippen LogP contribution in [0.15, 0.2) is 24.3 Å². The van der Waals surface area contributed by atoms with Gasteiger partial charge in [-0.05, 0) is 19.5 Å². The monoisotopic (exact) mass is 366 g/mol. The Morgan fingerprint density at radius 3 is 2.24 bits per heavy atom. The molecule has 2 rings (SSSR count). The first kappa shape index (κ1) is 19.7. The first-order valence-electron chi connectivity index (χ1n) is 8.25. The summed E-state index contributed by atoms with van der Waals surface area (Å²) in [5.74, 6) is -0.287. The van der Waals surface area contributed by atoms with Gasteiger partial charge in [-0.25, -0.2) is 0 Å². The number of hydrogen-bond acceptors (Lipinski definition) is 6. The van der Waals surface area contributed by atoms with E-state index in [1.54, 1.807) is 50.5 Å². The average Bonchev–Trinajstić information content (AvgIpc) is 3.42. The molecule has 0 radical (unpaired) electrons. The quantitative estimate of drug-likeness (QED) is 0.401. The molecule has 0 aliphatic carbocycles. The maximum absolute atomic E-state index is 12.9. The van der Waals surface area contributed by atoms with Crippen molar-refractivity contribution in [2.75, 3.05) is 34.4 Å². The van der Waals surface area contributed by atoms with Crippen LogP contribution in [0.1, 0.15) is 34.6 Å². The van der Waals surface area contributed by atoms with Crippen molar-refractivity contribution in [3.8, 4) is 0 Å². The molecule has 0 saturated carbocycles. The number of carbonyl (C=O) groups excluding carboxylic acids is 2. The van der Waals surface area contributed by atoms with Gasteiger partial charge in [-0.2, -0.15) is 0 Å². The molecule has 25 heavy (non-hydrogen) atoms. The van der Waals surface area contributed by atoms with E-state index in [9.17, 15) is 9.59 Å². The molecule has 1 amide bonds. The molecule has 8 heteroatoms. The molecule has 1 aromatic carbocycles. The van der Waals surface area contributed by atoms with Crippen molar-refractivity contribution < 1.29 is 22.9 Å². The fourth-order valence-electron chi connectivity index (χ4n) is 3.15. The second kappa shape index (κ2) is 8.20. The van der Waals surface area contributed by atoms with Crippen molar-refractivity contribution in [1.29, 1.82) is 0 Å². The molecule has 0 aromatic heterocycles. The van der Waals surface area contributed by atoms with Gasteiger partial charge in [0.15, 0.2) is 5.78 Å². The highest BCUT2D eigenvalue weighted by Gasteiger charge is 2.58. The molecule has 1 saturated heterocycles. The van der Waals surface area contributed by atoms with E-state index in [0.717, 1.165) is 0 Å². The van der Waals surface area contributed by atoms with Crippen molar-refractivity contribution >= 4 is 20.5 Å². The Morgan fingerprint density at radius 2 is 1.76 bits per heavy atom. The third kappa shape index (κ3) is 3.83. The third-order valence-corrected chi connectivity index (χ3v) is 7.55. The number of likely N-dealkylation sites (N-methyl/N-ethyl adjacent to an activating group) is 1. The Morgan fingerprint density at radius 1 is 1.20 bits per heavy atom. The van der Waals surface area contributed by atoms with Gasteiger partial charge in [0.2, 0.25) is 0 Å². The van der Waals surface area contributed by atoms with Crippen LogP contribution in [-0.4, -0.2) is 71.5 Å². The predicted octanol–water partition coefficient (Wildman–Crippen LogP) is 1.11. The minimum Gasteiger partial charge on any atom is -0.376 e. The Bertz CT molecular complexity index is 627. The van der Waals surface area contributed by atoms with Gasteiger partial charge in [0.05, 0.1) is 17.3 Å². The van der Waals surface area contributed by atoms with Gasteiger partial charge in [0, 0.05) is 33.4 Å². The van der Waals surface area contributed by atoms with E-state index in [1.807, 2.05) is 6.92 Å². The largest absolute Gasteiger partial charge is 0.520 e. The minimum absolute atomic E-state index is 0.0982. The molecule has 1 N–H and O–H groups in total. The van der Waals surface area contributed by atoms with Crippen LogP contribution >= 0.6 is 0 Å². The second-order valence-electron chi connectivity index (χ2n) is 5.88. The number of nitrogens with zero attached hydrogens (tertiary/aromatic N) is 1. The van der Waals surface area contributed by atoms with Gasteiger partial charge >= 0.3 is 8.80 Å². The van der Waals surface area contributed by atoms with Gasteiger partial charge in [0.1, 0.15) is 0 Å². The molecule has 0 spiro atoms. The Labute approximate surface area is 149 Å². The standard InChI is InChI=1S/C17H26N2O5Si/c1-6-18-16(25(22-3,23-4)24-5)15-11-19(15)17(21)14-10-8-7-9-13(14)12(2)20/h7-10,15-16,18H,6,11H2,1-5H3. The molecule has 7 nitrogen and oxygen atoms in total. The predicted molar refractivity (Wildman–Crippen MR) is 95.5 cm³/mol. The van der Waals surface area contributed by atoms with Gasteiger partial charge in [0.25, 0.3) is 5.91 Å². The van der Waals surface area contributed by atoms with Crippen LogP contribution in [0.2, 0.25) is 0 Å². The average molecular weight is 366 g/mol. The van der Waals surface area contributed by atoms with E-state index in [0.29, 0.717) is 24.2 Å². The van der Waals surface area contributed by atoms with Gasteiger partial charge < -0.3 is 23.5 Å². The Hall–Kier alpha value is -1.58. The SMILES string of the molecule is CCNC(C1CN1C(=O)c1ccccc1C(C)=O)[Si](OC)(OC)OC. The van der Waals surface area contributed by atoms with Gasteiger partial charge in [-0.1, -0.05) is 25.1 Å². The van der Waals surface area contributed by atoms with E-state index < -0.39 is 8.80 Å². The van der Waals surface area contributed by atoms with Crippen LogP contribution in [0.5, 0.6) is 0 Å². The molecule has 2 unspecified atom stereocenters. The summed E-state index contributed by atoms with van der Waals surface area (Å²) in [6.07, 6.45) is 0. The normalized spacial score (nSPS) is 18.1. The molecule has 1 aromatic rings. The molecular formula is C17H26N2O5Si. The van der Waals surface area contributed by atoms with Crippen molar-refractivity contribution in [2.45, 2.75) is 25.6 Å². The van der Waals surface area contributed by atoms with E-state index in [-0.39, 0.29) is 23.4 Å². The second-order valence-corrected chi connectivity index (χ2v) is 8.93. The van der Waals surface area contributed by atoms with Crippen molar-refractivity contribution in [3.63, 3.8) is 0 Å². The topological polar surface area (TPSA) is 76.9 Å². The maximum Gasteiger partial charge on any atom is 0.520 e. The van der Waals surface area contributed by atoms with Crippen LogP contribution in [0.25, 0.3) is 0 Å². The molecule has 1 fully saturated rings. The summed E-state index contributed by atoms with van der Waals surface area (Å²) in [4.78, 5) is 26.4. The van der Waals surface area contributed by atoms with Gasteiger partial charge in [-0.3, -0.25) is 9.59 Å². The zero-order valence-electron chi connectivity index (χ0n) is 15.4. The van der Waals surface area contributed by atoms with Crippen LogP contribution < -0.4 is 5.32 Å². The van der Waals surface area contributed by atoms with Crippen LogP contribution in [0, 0.1) is 0 Å². The van der Waals surface area contributed by atoms with E-state index in [4.69, 9.17) is 13.3 Å². The fourth-order valence-corrected chi connectivity index (χ4v) is 5.62. The first-order chi connectivity index (χ1) is 12.0. The molecule has 0 bridgehead atoms. The molecule has 1 heterocycles. The maximum atomic E-state index is 12.9. The number of Topliss-reactive ketones (excluding diaryl/α,β-unsaturated/α-hetero) is 1. The number of ketones is 1. The van der Waals surface area contributed by atoms with Gasteiger partial charge in [-0.15, -0.1) is 0 Å². The number of nitrogens with one attached hydrogen (secondary N) is 1. The number of carbonyl (C=O) groups is 2. The number of rotatable bonds is 9. The van der Waals surface area contributed by atoms with E-state index in [1.165, 1.54) is 6.92 Å². The summed E-state index contributed by atoms with van der Waals surface area (Å²) in [6, 6.07) is 6.78. The molecule has 138 valence electrons. The summed E-state index contributed by atoms with van der Waals surface area (Å²) in [5, 5.41) is 3.34. The van der Waals surface area contributed by atoms with Crippen molar-refractivity contribution in [2.24, 2.45) is 0 Å². The highest BCUT2D eigenvalue weighted by Crippen LogP contribution is 2.30. The Kier molecular flexibility index (Phi) is 6.47. The highest BCUT2D eigenvalue weighted by atomic mass is 28.4. The third-order valence-electron chi connectivity index (χ3n) is 4.49. The lowest BCUT2D eigenvalue weighted by atomic mass is 10.0. The van der Waals surface area contributed by atoms with Crippen LogP contribution in [0.3, 0.4) is 0 Å². The number of amides is 1. The lowest BCUT2D eigenvalue weighted by Crippen LogP contribution is -2.63. The van der Waals surface area contributed by atoms with Crippen molar-refractivity contribution in [3.05, 3.63) is 35.4 Å². The molecule has 1 aliphatic heterocycles. The Balaban J connectivity index is 2.24. The minimum atomic E-state index is -2.96.